The number of hydrogen-bond donors (Lipinski definition) is 2. The van der Waals surface area contributed by atoms with E-state index in [-0.39, 0.29) is 12.2 Å². The van der Waals surface area contributed by atoms with Gasteiger partial charge in [-0.15, -0.1) is 0 Å². The molecule has 6 nitrogen and oxygen atoms in total. The van der Waals surface area contributed by atoms with Crippen LogP contribution >= 0.6 is 0 Å². The van der Waals surface area contributed by atoms with Gasteiger partial charge >= 0.3 is 5.97 Å². The van der Waals surface area contributed by atoms with Gasteiger partial charge in [-0.3, -0.25) is 19.6 Å². The molecule has 1 aliphatic heterocycles. The van der Waals surface area contributed by atoms with Crippen LogP contribution in [0.2, 0.25) is 0 Å². The fraction of sp³-hybridized carbons (Fsp3) is 0.333. The Balaban J connectivity index is 2.37. The third kappa shape index (κ3) is 5.97. The van der Waals surface area contributed by atoms with Crippen molar-refractivity contribution in [2.45, 2.75) is 39.0 Å². The van der Waals surface area contributed by atoms with Gasteiger partial charge in [-0.25, -0.2) is 4.39 Å². The molecule has 1 aliphatic rings. The number of aliphatic imine (C=N–C) groups is 2. The molecule has 0 saturated carbocycles. The second-order valence-corrected chi connectivity index (χ2v) is 6.85. The number of carbonyl (C=O) groups excluding carboxylic acids is 1. The van der Waals surface area contributed by atoms with E-state index in [2.05, 4.69) is 9.98 Å². The van der Waals surface area contributed by atoms with Gasteiger partial charge in [-0.05, 0) is 56.9 Å². The van der Waals surface area contributed by atoms with Gasteiger partial charge in [0.05, 0.1) is 16.8 Å². The Morgan fingerprint density at radius 1 is 1.18 bits per heavy atom. The van der Waals surface area contributed by atoms with Crippen LogP contribution in [0.1, 0.15) is 44.6 Å². The van der Waals surface area contributed by atoms with Crippen molar-refractivity contribution in [2.75, 3.05) is 0 Å². The molecule has 1 aromatic carbocycles. The molecule has 1 atom stereocenters. The Hall–Kier alpha value is -3.09. The third-order valence-electron chi connectivity index (χ3n) is 4.53. The highest BCUT2D eigenvalue weighted by atomic mass is 19.1. The smallest absolute Gasteiger partial charge is 0.303 e. The second-order valence-electron chi connectivity index (χ2n) is 6.85. The Kier molecular flexibility index (Phi) is 7.37. The number of carbonyl (C=O) groups is 2. The van der Waals surface area contributed by atoms with Crippen LogP contribution in [0.5, 0.6) is 0 Å². The first-order chi connectivity index (χ1) is 13.3. The zero-order valence-electron chi connectivity index (χ0n) is 15.8. The van der Waals surface area contributed by atoms with Crippen LogP contribution in [0, 0.1) is 11.2 Å². The van der Waals surface area contributed by atoms with Gasteiger partial charge in [-0.2, -0.15) is 0 Å². The first kappa shape index (κ1) is 21.2. The average Bonchev–Trinajstić information content (AvgIpc) is 2.65. The minimum Gasteiger partial charge on any atom is -0.481 e. The van der Waals surface area contributed by atoms with Gasteiger partial charge < -0.3 is 10.8 Å². The van der Waals surface area contributed by atoms with E-state index in [0.717, 1.165) is 0 Å². The molecule has 1 aromatic rings. The van der Waals surface area contributed by atoms with E-state index in [1.807, 2.05) is 0 Å². The summed E-state index contributed by atoms with van der Waals surface area (Å²) >= 11 is 0. The molecule has 1 amide bonds. The number of allylic oxidation sites excluding steroid dienone is 1. The van der Waals surface area contributed by atoms with Crippen molar-refractivity contribution in [3.8, 4) is 0 Å². The van der Waals surface area contributed by atoms with Crippen LogP contribution in [0.3, 0.4) is 0 Å². The van der Waals surface area contributed by atoms with Crippen molar-refractivity contribution in [1.29, 1.82) is 0 Å². The number of benzene rings is 1. The summed E-state index contributed by atoms with van der Waals surface area (Å²) in [5.74, 6) is -1.66. The fourth-order valence-electron chi connectivity index (χ4n) is 2.70. The monoisotopic (exact) mass is 385 g/mol. The zero-order valence-corrected chi connectivity index (χ0v) is 15.8. The minimum absolute atomic E-state index is 0.0752. The number of rotatable bonds is 7. The quantitative estimate of drug-likeness (QED) is 0.700. The van der Waals surface area contributed by atoms with E-state index in [9.17, 15) is 14.0 Å². The molecule has 1 unspecified atom stereocenters. The van der Waals surface area contributed by atoms with Gasteiger partial charge in [0.1, 0.15) is 5.82 Å². The number of carboxylic acids is 1. The third-order valence-corrected chi connectivity index (χ3v) is 4.53. The van der Waals surface area contributed by atoms with Gasteiger partial charge in [0, 0.05) is 24.4 Å². The first-order valence-electron chi connectivity index (χ1n) is 9.07. The average molecular weight is 385 g/mol. The Morgan fingerprint density at radius 3 is 2.54 bits per heavy atom. The van der Waals surface area contributed by atoms with E-state index in [4.69, 9.17) is 10.8 Å². The Bertz CT molecular complexity index is 841. The molecule has 0 aliphatic carbocycles. The molecule has 0 spiro atoms. The van der Waals surface area contributed by atoms with Crippen LogP contribution in [-0.4, -0.2) is 28.4 Å². The summed E-state index contributed by atoms with van der Waals surface area (Å²) in [5, 5.41) is 8.81. The lowest BCUT2D eigenvalue weighted by atomic mass is 9.86. The number of nitrogens with zero attached hydrogens (tertiary/aromatic N) is 2. The fourth-order valence-corrected chi connectivity index (χ4v) is 2.70. The summed E-state index contributed by atoms with van der Waals surface area (Å²) in [6.45, 7) is 1.73. The molecule has 0 saturated heterocycles. The molecule has 28 heavy (non-hydrogen) atoms. The maximum absolute atomic E-state index is 13.3. The summed E-state index contributed by atoms with van der Waals surface area (Å²) in [5.41, 5.74) is 6.55. The number of hydrogen-bond acceptors (Lipinski definition) is 4. The number of primary amides is 1. The van der Waals surface area contributed by atoms with Crippen molar-refractivity contribution in [1.82, 2.24) is 0 Å². The summed E-state index contributed by atoms with van der Waals surface area (Å²) in [7, 11) is 0. The number of unbranched alkanes of at least 4 members (excludes halogenated alkanes) is 1. The predicted molar refractivity (Wildman–Crippen MR) is 107 cm³/mol. The topological polar surface area (TPSA) is 105 Å². The van der Waals surface area contributed by atoms with Crippen molar-refractivity contribution in [3.63, 3.8) is 0 Å². The summed E-state index contributed by atoms with van der Waals surface area (Å²) in [6.07, 6.45) is 8.60. The summed E-state index contributed by atoms with van der Waals surface area (Å²) in [4.78, 5) is 31.5. The zero-order chi connectivity index (χ0) is 20.6. The van der Waals surface area contributed by atoms with Crippen LogP contribution in [-0.2, 0) is 9.59 Å². The predicted octanol–water partition coefficient (Wildman–Crippen LogP) is 3.62. The molecule has 0 fully saturated rings. The van der Waals surface area contributed by atoms with Crippen molar-refractivity contribution in [2.24, 2.45) is 21.1 Å². The van der Waals surface area contributed by atoms with Crippen LogP contribution in [0.4, 0.5) is 4.39 Å². The first-order valence-corrected chi connectivity index (χ1v) is 9.07. The molecule has 0 bridgehead atoms. The lowest BCUT2D eigenvalue weighted by molar-refractivity contribution is -0.137. The van der Waals surface area contributed by atoms with Gasteiger partial charge in [0.15, 0.2) is 0 Å². The molecule has 7 heteroatoms. The van der Waals surface area contributed by atoms with Crippen LogP contribution in [0.25, 0.3) is 0 Å². The maximum Gasteiger partial charge on any atom is 0.303 e. The van der Waals surface area contributed by atoms with Crippen molar-refractivity contribution >= 4 is 23.3 Å². The largest absolute Gasteiger partial charge is 0.481 e. The summed E-state index contributed by atoms with van der Waals surface area (Å²) in [6, 6.07) is 5.94. The van der Waals surface area contributed by atoms with E-state index >= 15 is 0 Å². The lowest BCUT2D eigenvalue weighted by Crippen LogP contribution is -2.32. The van der Waals surface area contributed by atoms with Gasteiger partial charge in [0.2, 0.25) is 5.91 Å². The SMILES string of the molecule is CC1(C(N)=O)/C=C/N=C(CCCCC(=O)O)C(c2ccc(F)cc2)=N/C=C/C1. The number of amides is 1. The molecule has 2 rings (SSSR count). The van der Waals surface area contributed by atoms with Crippen molar-refractivity contribution in [3.05, 3.63) is 60.2 Å². The lowest BCUT2D eigenvalue weighted by Gasteiger charge is -2.20. The highest BCUT2D eigenvalue weighted by molar-refractivity contribution is 6.48. The van der Waals surface area contributed by atoms with E-state index in [0.29, 0.717) is 42.7 Å². The van der Waals surface area contributed by atoms with Gasteiger partial charge in [0.25, 0.3) is 0 Å². The van der Waals surface area contributed by atoms with E-state index in [1.54, 1.807) is 37.4 Å². The minimum atomic E-state index is -0.878. The number of nitrogens with two attached hydrogens (primary N) is 1. The van der Waals surface area contributed by atoms with Crippen LogP contribution in [0.15, 0.2) is 58.8 Å². The maximum atomic E-state index is 13.3. The molecule has 0 radical (unpaired) electrons. The molecule has 1 heterocycles. The van der Waals surface area contributed by atoms with E-state index in [1.165, 1.54) is 18.3 Å². The Morgan fingerprint density at radius 2 is 1.89 bits per heavy atom. The summed E-state index contributed by atoms with van der Waals surface area (Å²) < 4.78 is 13.3. The molecular weight excluding hydrogens is 361 g/mol. The number of aliphatic carboxylic acids is 1. The Labute approximate surface area is 163 Å². The highest BCUT2D eigenvalue weighted by Gasteiger charge is 2.26. The number of halogens is 1. The van der Waals surface area contributed by atoms with Gasteiger partial charge in [-0.1, -0.05) is 12.2 Å². The molecule has 148 valence electrons. The van der Waals surface area contributed by atoms with E-state index < -0.39 is 17.3 Å². The van der Waals surface area contributed by atoms with Crippen LogP contribution < -0.4 is 5.73 Å². The highest BCUT2D eigenvalue weighted by Crippen LogP contribution is 2.24. The molecule has 0 aromatic heterocycles. The standard InChI is InChI=1S/C21H24FN3O3/c1-21(20(23)28)11-4-13-25-19(15-7-9-16(22)10-8-15)17(24-14-12-21)5-2-3-6-18(26)27/h4,7-10,12-14H,2-3,5-6,11H2,1H3,(H2,23,28)(H,26,27)/b13-4+,14-12+,24-17?,25-19?. The normalized spacial score (nSPS) is 21.9. The second kappa shape index (κ2) is 9.73. The van der Waals surface area contributed by atoms with Crippen molar-refractivity contribution < 1.29 is 19.1 Å². The molecular formula is C21H24FN3O3. The molecule has 3 N–H and O–H groups in total. The number of carboxylic acid groups (broad SMARTS) is 1.